The van der Waals surface area contributed by atoms with E-state index in [9.17, 15) is 0 Å². The fraction of sp³-hybridized carbons (Fsp3) is 0.100. The van der Waals surface area contributed by atoms with Crippen LogP contribution in [0.1, 0.15) is 30.5 Å². The molecule has 6 aromatic rings. The van der Waals surface area contributed by atoms with Crippen LogP contribution in [0.5, 0.6) is 0 Å². The first kappa shape index (κ1) is 24.5. The Morgan fingerprint density at radius 2 is 1.42 bits per heavy atom. The van der Waals surface area contributed by atoms with Crippen LogP contribution in [0.3, 0.4) is 0 Å². The summed E-state index contributed by atoms with van der Waals surface area (Å²) in [4.78, 5) is 0. The summed E-state index contributed by atoms with van der Waals surface area (Å²) in [5, 5.41) is 6.34. The second-order valence-corrected chi connectivity index (χ2v) is 12.0. The number of nitrogens with two attached hydrogens (primary N) is 1. The maximum absolute atomic E-state index is 2.48. The fourth-order valence-corrected chi connectivity index (χ4v) is 7.45. The van der Waals surface area contributed by atoms with Crippen molar-refractivity contribution in [2.45, 2.75) is 25.3 Å². The minimum atomic E-state index is 0.326. The molecule has 1 aliphatic heterocycles. The van der Waals surface area contributed by atoms with Crippen LogP contribution >= 0.6 is 0 Å². The molecule has 3 heterocycles. The molecule has 2 N–H and O–H groups in total. The summed E-state index contributed by atoms with van der Waals surface area (Å²) < 4.78 is 4.87. The van der Waals surface area contributed by atoms with E-state index in [4.69, 9.17) is 0 Å². The molecule has 43 heavy (non-hydrogen) atoms. The Bertz CT molecular complexity index is 2250. The van der Waals surface area contributed by atoms with Crippen LogP contribution < -0.4 is 5.32 Å². The first-order valence-electron chi connectivity index (χ1n) is 15.3. The van der Waals surface area contributed by atoms with E-state index in [1.165, 1.54) is 72.2 Å². The lowest BCUT2D eigenvalue weighted by Gasteiger charge is -2.23. The molecule has 0 amide bonds. The molecule has 2 unspecified atom stereocenters. The van der Waals surface area contributed by atoms with Gasteiger partial charge in [0.1, 0.15) is 6.04 Å². The predicted octanol–water partition coefficient (Wildman–Crippen LogP) is 8.72. The molecule has 0 bridgehead atoms. The largest absolute Gasteiger partial charge is 0.309 e. The monoisotopic (exact) mass is 554 g/mol. The van der Waals surface area contributed by atoms with Gasteiger partial charge in [-0.25, -0.2) is 0 Å². The molecule has 2 aliphatic carbocycles. The number of benzene rings is 4. The van der Waals surface area contributed by atoms with Gasteiger partial charge in [-0.2, -0.15) is 0 Å². The molecule has 3 heteroatoms. The molecule has 206 valence electrons. The standard InChI is InChI=1S/C40H31N3/c1-26-10-9-17-38-40(26)33-25-29(19-22-37(33)43(38)39-23-20-27-11-5-7-15-34(27)41-39)28-18-21-36-32(24-28)31-14-6-8-16-35(31)42(36)30-12-3-2-4-13-30/h2-9,11-26,34,41H,10H2,1H3/p+1. The van der Waals surface area contributed by atoms with Crippen molar-refractivity contribution >= 4 is 44.6 Å². The third-order valence-corrected chi connectivity index (χ3v) is 9.48. The summed E-state index contributed by atoms with van der Waals surface area (Å²) in [7, 11) is 0. The van der Waals surface area contributed by atoms with Gasteiger partial charge in [0.15, 0.2) is 0 Å². The Labute approximate surface area is 251 Å². The summed E-state index contributed by atoms with van der Waals surface area (Å²) in [6, 6.07) is 33.8. The molecule has 0 spiro atoms. The number of hydrogen-bond donors (Lipinski definition) is 1. The lowest BCUT2D eigenvalue weighted by atomic mass is 9.90. The fourth-order valence-electron chi connectivity index (χ4n) is 7.45. The number of para-hydroxylation sites is 2. The Hall–Kier alpha value is -5.12. The topological polar surface area (TPSA) is 26.5 Å². The lowest BCUT2D eigenvalue weighted by molar-refractivity contribution is -0.588. The van der Waals surface area contributed by atoms with E-state index < -0.39 is 0 Å². The van der Waals surface area contributed by atoms with Crippen LogP contribution in [0.15, 0.2) is 139 Å². The second-order valence-electron chi connectivity index (χ2n) is 12.0. The van der Waals surface area contributed by atoms with Crippen LogP contribution in [0.25, 0.3) is 61.4 Å². The first-order chi connectivity index (χ1) is 21.2. The smallest absolute Gasteiger partial charge is 0.210 e. The van der Waals surface area contributed by atoms with Crippen LogP contribution in [0.4, 0.5) is 0 Å². The molecule has 3 aliphatic rings. The van der Waals surface area contributed by atoms with Crippen molar-refractivity contribution in [1.29, 1.82) is 0 Å². The molecule has 9 rings (SSSR count). The highest BCUT2D eigenvalue weighted by Gasteiger charge is 2.28. The average molecular weight is 555 g/mol. The van der Waals surface area contributed by atoms with E-state index in [1.54, 1.807) is 0 Å². The van der Waals surface area contributed by atoms with Crippen molar-refractivity contribution in [2.75, 3.05) is 0 Å². The summed E-state index contributed by atoms with van der Waals surface area (Å²) in [6.07, 6.45) is 19.1. The highest BCUT2D eigenvalue weighted by Crippen LogP contribution is 2.41. The van der Waals surface area contributed by atoms with Crippen LogP contribution in [0.2, 0.25) is 0 Å². The van der Waals surface area contributed by atoms with Gasteiger partial charge in [-0.1, -0.05) is 79.8 Å². The maximum atomic E-state index is 2.48. The van der Waals surface area contributed by atoms with E-state index in [-0.39, 0.29) is 0 Å². The zero-order valence-corrected chi connectivity index (χ0v) is 24.1. The van der Waals surface area contributed by atoms with Gasteiger partial charge in [-0.3, -0.25) is 9.88 Å². The van der Waals surface area contributed by atoms with E-state index in [1.807, 2.05) is 0 Å². The average Bonchev–Trinajstić information content (AvgIpc) is 3.58. The third kappa shape index (κ3) is 3.72. The Kier molecular flexibility index (Phi) is 5.38. The van der Waals surface area contributed by atoms with E-state index >= 15 is 0 Å². The maximum Gasteiger partial charge on any atom is 0.210 e. The molecule has 0 saturated carbocycles. The number of fused-ring (bicyclic) bond motifs is 7. The SMILES string of the molecule is CC1CC=Cc2c1c1cc(-c3ccc4c(c3)c3ccccc3n4-c3ccccc3)ccc1n2C1=CC=C2C=CC=CC2[NH2+]1. The van der Waals surface area contributed by atoms with Crippen LogP contribution in [0, 0.1) is 0 Å². The molecular formula is C40H32N3+. The molecular weight excluding hydrogens is 522 g/mol. The number of nitrogens with zero attached hydrogens (tertiary/aromatic N) is 2. The van der Waals surface area contributed by atoms with Crippen molar-refractivity contribution < 1.29 is 5.32 Å². The molecule has 3 nitrogen and oxygen atoms in total. The van der Waals surface area contributed by atoms with Crippen molar-refractivity contribution in [2.24, 2.45) is 0 Å². The van der Waals surface area contributed by atoms with Gasteiger partial charge in [-0.05, 0) is 89.7 Å². The predicted molar refractivity (Wildman–Crippen MR) is 180 cm³/mol. The van der Waals surface area contributed by atoms with Gasteiger partial charge in [0.05, 0.1) is 22.2 Å². The molecule has 2 atom stereocenters. The zero-order chi connectivity index (χ0) is 28.5. The Morgan fingerprint density at radius 1 is 0.674 bits per heavy atom. The number of hydrogen-bond acceptors (Lipinski definition) is 0. The molecule has 0 saturated heterocycles. The summed E-state index contributed by atoms with van der Waals surface area (Å²) in [6.45, 7) is 2.37. The van der Waals surface area contributed by atoms with Gasteiger partial charge in [-0.15, -0.1) is 0 Å². The molecule has 0 fully saturated rings. The van der Waals surface area contributed by atoms with Gasteiger partial charge in [0.25, 0.3) is 0 Å². The number of quaternary nitrogens is 1. The zero-order valence-electron chi connectivity index (χ0n) is 24.1. The van der Waals surface area contributed by atoms with Gasteiger partial charge in [0.2, 0.25) is 5.82 Å². The number of aromatic nitrogens is 2. The highest BCUT2D eigenvalue weighted by molar-refractivity contribution is 6.10. The van der Waals surface area contributed by atoms with Gasteiger partial charge >= 0.3 is 0 Å². The third-order valence-electron chi connectivity index (χ3n) is 9.48. The quantitative estimate of drug-likeness (QED) is 0.226. The van der Waals surface area contributed by atoms with Crippen molar-refractivity contribution in [1.82, 2.24) is 9.13 Å². The normalized spacial score (nSPS) is 19.1. The molecule has 2 aromatic heterocycles. The van der Waals surface area contributed by atoms with Gasteiger partial charge in [0, 0.05) is 33.5 Å². The van der Waals surface area contributed by atoms with E-state index in [0.29, 0.717) is 12.0 Å². The highest BCUT2D eigenvalue weighted by atomic mass is 15.2. The van der Waals surface area contributed by atoms with E-state index in [2.05, 4.69) is 161 Å². The summed E-state index contributed by atoms with van der Waals surface area (Å²) in [5.74, 6) is 1.72. The van der Waals surface area contributed by atoms with Crippen molar-refractivity contribution in [3.8, 4) is 16.8 Å². The minimum absolute atomic E-state index is 0.326. The first-order valence-corrected chi connectivity index (χ1v) is 15.3. The van der Waals surface area contributed by atoms with Crippen molar-refractivity contribution in [3.05, 3.63) is 150 Å². The summed E-state index contributed by atoms with van der Waals surface area (Å²) in [5.41, 5.74) is 11.6. The lowest BCUT2D eigenvalue weighted by Crippen LogP contribution is -2.88. The number of rotatable bonds is 3. The minimum Gasteiger partial charge on any atom is -0.309 e. The molecule has 0 radical (unpaired) electrons. The Balaban J connectivity index is 1.23. The molecule has 4 aromatic carbocycles. The van der Waals surface area contributed by atoms with Gasteiger partial charge < -0.3 is 4.57 Å². The second kappa shape index (κ2) is 9.45. The van der Waals surface area contributed by atoms with Crippen molar-refractivity contribution in [3.63, 3.8) is 0 Å². The van der Waals surface area contributed by atoms with Crippen LogP contribution in [-0.4, -0.2) is 15.2 Å². The number of allylic oxidation sites excluding steroid dienone is 5. The van der Waals surface area contributed by atoms with E-state index in [0.717, 1.165) is 6.42 Å². The van der Waals surface area contributed by atoms with Crippen LogP contribution in [-0.2, 0) is 0 Å². The summed E-state index contributed by atoms with van der Waals surface area (Å²) >= 11 is 0. The Morgan fingerprint density at radius 3 is 2.28 bits per heavy atom.